The van der Waals surface area contributed by atoms with Crippen LogP contribution in [0.1, 0.15) is 54.9 Å². The zero-order chi connectivity index (χ0) is 26.2. The van der Waals surface area contributed by atoms with Crippen molar-refractivity contribution in [3.05, 3.63) is 23.4 Å². The molecule has 0 saturated carbocycles. The molecule has 0 bridgehead atoms. The van der Waals surface area contributed by atoms with Crippen LogP contribution in [0.4, 0.5) is 0 Å². The molecule has 0 unspecified atom stereocenters. The first-order chi connectivity index (χ1) is 16.4. The van der Waals surface area contributed by atoms with Crippen molar-refractivity contribution in [2.45, 2.75) is 54.9 Å². The second kappa shape index (κ2) is 23.0. The maximum Gasteiger partial charge on any atom is 0.329 e. The Morgan fingerprint density at radius 3 is 1.09 bits per heavy atom. The van der Waals surface area contributed by atoms with Crippen molar-refractivity contribution in [1.82, 2.24) is 0 Å². The molecule has 0 aromatic carbocycles. The van der Waals surface area contributed by atoms with Crippen molar-refractivity contribution in [1.29, 1.82) is 0 Å². The van der Waals surface area contributed by atoms with Crippen LogP contribution in [-0.2, 0) is 33.2 Å². The Balaban J connectivity index is 0. The molecule has 0 spiro atoms. The maximum atomic E-state index is 8.66. The Kier molecular flexibility index (Phi) is 23.3. The van der Waals surface area contributed by atoms with Gasteiger partial charge in [-0.2, -0.15) is 0 Å². The van der Waals surface area contributed by atoms with Gasteiger partial charge in [-0.05, 0) is 48.0 Å². The Labute approximate surface area is 205 Å². The molecule has 10 heteroatoms. The van der Waals surface area contributed by atoms with E-state index in [9.17, 15) is 0 Å². The molecule has 0 rings (SSSR count). The van der Waals surface area contributed by atoms with Crippen LogP contribution in [0.2, 0.25) is 0 Å². The van der Waals surface area contributed by atoms with E-state index in [4.69, 9.17) is 48.5 Å². The predicted molar refractivity (Wildman–Crippen MR) is 129 cm³/mol. The summed E-state index contributed by atoms with van der Waals surface area (Å²) in [6.07, 6.45) is 0.594. The Bertz CT molecular complexity index is 476. The molecule has 0 aliphatic heterocycles. The standard InChI is InChI=1S/C18H34O7.C6H14O3/c1-7-19-13-15(21-9-3)17(23-11-5)25-18(24-12-6)16(22-10-4)14-20-8-2;1-2-6(3-7,4-8)5-9/h7-14H2,1-6H3;7-9H,2-5H2,1H3. The largest absolute Gasteiger partial charge is 0.489 e. The molecule has 0 atom stereocenters. The second-order valence-electron chi connectivity index (χ2n) is 6.86. The molecule has 204 valence electrons. The van der Waals surface area contributed by atoms with Gasteiger partial charge in [-0.15, -0.1) is 0 Å². The summed E-state index contributed by atoms with van der Waals surface area (Å²) in [5, 5.41) is 26.0. The molecule has 0 heterocycles. The van der Waals surface area contributed by atoms with Crippen molar-refractivity contribution in [2.24, 2.45) is 5.41 Å². The fourth-order valence-corrected chi connectivity index (χ4v) is 2.22. The fourth-order valence-electron chi connectivity index (χ4n) is 2.22. The third kappa shape index (κ3) is 14.5. The highest BCUT2D eigenvalue weighted by Crippen LogP contribution is 2.20. The van der Waals surface area contributed by atoms with Crippen molar-refractivity contribution in [3.8, 4) is 0 Å². The SMILES string of the molecule is CCC(CO)(CO)CO.CCOCC(OCC)=C(OCC)OC(OCC)=C(COCC)OCC. The highest BCUT2D eigenvalue weighted by atomic mass is 16.8. The molecule has 0 fully saturated rings. The maximum absolute atomic E-state index is 8.66. The number of ether oxygens (including phenoxy) is 7. The van der Waals surface area contributed by atoms with E-state index in [-0.39, 0.29) is 44.9 Å². The molecule has 0 aromatic rings. The van der Waals surface area contributed by atoms with Crippen molar-refractivity contribution < 1.29 is 48.5 Å². The monoisotopic (exact) mass is 496 g/mol. The topological polar surface area (TPSA) is 125 Å². The van der Waals surface area contributed by atoms with Crippen molar-refractivity contribution in [3.63, 3.8) is 0 Å². The number of hydrogen-bond donors (Lipinski definition) is 3. The highest BCUT2D eigenvalue weighted by molar-refractivity contribution is 5.03. The van der Waals surface area contributed by atoms with Crippen LogP contribution < -0.4 is 0 Å². The third-order valence-electron chi connectivity index (χ3n) is 4.46. The van der Waals surface area contributed by atoms with Crippen LogP contribution in [0.5, 0.6) is 0 Å². The molecule has 34 heavy (non-hydrogen) atoms. The zero-order valence-electron chi connectivity index (χ0n) is 22.2. The first-order valence-corrected chi connectivity index (χ1v) is 12.1. The minimum Gasteiger partial charge on any atom is -0.489 e. The van der Waals surface area contributed by atoms with Crippen molar-refractivity contribution in [2.75, 3.05) is 72.7 Å². The van der Waals surface area contributed by atoms with Crippen LogP contribution in [0.15, 0.2) is 23.4 Å². The van der Waals surface area contributed by atoms with E-state index in [1.165, 1.54) is 0 Å². The van der Waals surface area contributed by atoms with Crippen LogP contribution in [0, 0.1) is 5.41 Å². The van der Waals surface area contributed by atoms with E-state index in [2.05, 4.69) is 0 Å². The Morgan fingerprint density at radius 2 is 0.882 bits per heavy atom. The molecule has 0 amide bonds. The van der Waals surface area contributed by atoms with Gasteiger partial charge in [0.2, 0.25) is 11.5 Å². The first-order valence-electron chi connectivity index (χ1n) is 12.1. The summed E-state index contributed by atoms with van der Waals surface area (Å²) in [6, 6.07) is 0. The average molecular weight is 497 g/mol. The van der Waals surface area contributed by atoms with Gasteiger partial charge in [0.05, 0.1) is 46.2 Å². The van der Waals surface area contributed by atoms with E-state index < -0.39 is 5.41 Å². The molecule has 0 aliphatic rings. The number of rotatable bonds is 20. The second-order valence-corrected chi connectivity index (χ2v) is 6.86. The van der Waals surface area contributed by atoms with Crippen LogP contribution in [0.25, 0.3) is 0 Å². The van der Waals surface area contributed by atoms with Gasteiger partial charge >= 0.3 is 11.9 Å². The van der Waals surface area contributed by atoms with Crippen LogP contribution in [-0.4, -0.2) is 88.0 Å². The quantitative estimate of drug-likeness (QED) is 0.217. The summed E-state index contributed by atoms with van der Waals surface area (Å²) < 4.78 is 39.2. The third-order valence-corrected chi connectivity index (χ3v) is 4.46. The fraction of sp³-hybridized carbons (Fsp3) is 0.833. The zero-order valence-corrected chi connectivity index (χ0v) is 22.2. The van der Waals surface area contributed by atoms with E-state index in [0.717, 1.165) is 0 Å². The number of aliphatic hydroxyl groups excluding tert-OH is 3. The molecular formula is C24H48O10. The minimum atomic E-state index is -0.667. The molecule has 0 saturated heterocycles. The number of hydrogen-bond acceptors (Lipinski definition) is 10. The summed E-state index contributed by atoms with van der Waals surface area (Å²) >= 11 is 0. The predicted octanol–water partition coefficient (Wildman–Crippen LogP) is 2.92. The van der Waals surface area contributed by atoms with Gasteiger partial charge in [-0.3, -0.25) is 0 Å². The number of aliphatic hydroxyl groups is 3. The summed E-state index contributed by atoms with van der Waals surface area (Å²) in [5.41, 5.74) is -0.667. The molecule has 10 nitrogen and oxygen atoms in total. The van der Waals surface area contributed by atoms with Gasteiger partial charge in [0.15, 0.2) is 0 Å². The molecule has 0 aliphatic carbocycles. The van der Waals surface area contributed by atoms with E-state index in [1.807, 2.05) is 48.5 Å². The summed E-state index contributed by atoms with van der Waals surface area (Å²) in [5.74, 6) is 1.34. The lowest BCUT2D eigenvalue weighted by Gasteiger charge is -2.24. The summed E-state index contributed by atoms with van der Waals surface area (Å²) in [7, 11) is 0. The lowest BCUT2D eigenvalue weighted by Crippen LogP contribution is -2.32. The lowest BCUT2D eigenvalue weighted by molar-refractivity contribution is -0.0372. The molecule has 0 radical (unpaired) electrons. The van der Waals surface area contributed by atoms with E-state index >= 15 is 0 Å². The molecule has 3 N–H and O–H groups in total. The minimum absolute atomic E-state index is 0.156. The van der Waals surface area contributed by atoms with Crippen LogP contribution >= 0.6 is 0 Å². The van der Waals surface area contributed by atoms with Crippen molar-refractivity contribution >= 4 is 0 Å². The van der Waals surface area contributed by atoms with Gasteiger partial charge in [0.25, 0.3) is 0 Å². The molecular weight excluding hydrogens is 448 g/mol. The van der Waals surface area contributed by atoms with Gasteiger partial charge in [0.1, 0.15) is 13.2 Å². The van der Waals surface area contributed by atoms with Gasteiger partial charge in [0, 0.05) is 18.6 Å². The molecule has 0 aromatic heterocycles. The smallest absolute Gasteiger partial charge is 0.329 e. The van der Waals surface area contributed by atoms with Gasteiger partial charge in [-0.1, -0.05) is 6.92 Å². The first kappa shape index (κ1) is 34.4. The lowest BCUT2D eigenvalue weighted by atomic mass is 9.88. The normalized spacial score (nSPS) is 12.6. The van der Waals surface area contributed by atoms with E-state index in [0.29, 0.717) is 57.6 Å². The summed E-state index contributed by atoms with van der Waals surface area (Å²) in [6.45, 7) is 16.0. The highest BCUT2D eigenvalue weighted by Gasteiger charge is 2.25. The van der Waals surface area contributed by atoms with Crippen LogP contribution in [0.3, 0.4) is 0 Å². The van der Waals surface area contributed by atoms with Gasteiger partial charge < -0.3 is 48.5 Å². The average Bonchev–Trinajstić information content (AvgIpc) is 2.86. The Hall–Kier alpha value is -1.72. The van der Waals surface area contributed by atoms with E-state index in [1.54, 1.807) is 0 Å². The van der Waals surface area contributed by atoms with Gasteiger partial charge in [-0.25, -0.2) is 0 Å². The summed E-state index contributed by atoms with van der Waals surface area (Å²) in [4.78, 5) is 0. The Morgan fingerprint density at radius 1 is 0.529 bits per heavy atom.